The molecular formula is C17H20N6. The number of fused-ring (bicyclic) bond motifs is 1. The van der Waals surface area contributed by atoms with Crippen LogP contribution in [0.3, 0.4) is 0 Å². The SMILES string of the molecule is Cc1ccc(N(C)C2CCN(c3ncnc4[nH]ccc34)C2)nc1. The second kappa shape index (κ2) is 5.53. The van der Waals surface area contributed by atoms with E-state index in [9.17, 15) is 0 Å². The van der Waals surface area contributed by atoms with Crippen LogP contribution in [0.1, 0.15) is 12.0 Å². The number of pyridine rings is 1. The van der Waals surface area contributed by atoms with Gasteiger partial charge >= 0.3 is 0 Å². The van der Waals surface area contributed by atoms with Crippen LogP contribution in [0, 0.1) is 6.92 Å². The van der Waals surface area contributed by atoms with Gasteiger partial charge in [0, 0.05) is 38.6 Å². The van der Waals surface area contributed by atoms with Crippen LogP contribution in [-0.4, -0.2) is 46.1 Å². The average molecular weight is 308 g/mol. The molecule has 6 nitrogen and oxygen atoms in total. The molecule has 3 aromatic heterocycles. The fourth-order valence-corrected chi connectivity index (χ4v) is 3.22. The first kappa shape index (κ1) is 14.0. The molecule has 3 aromatic rings. The monoisotopic (exact) mass is 308 g/mol. The van der Waals surface area contributed by atoms with Crippen LogP contribution in [0.25, 0.3) is 11.0 Å². The third kappa shape index (κ3) is 2.50. The van der Waals surface area contributed by atoms with Gasteiger partial charge in [0.15, 0.2) is 0 Å². The normalized spacial score (nSPS) is 17.8. The Kier molecular flexibility index (Phi) is 3.37. The third-order valence-electron chi connectivity index (χ3n) is 4.60. The molecule has 0 saturated carbocycles. The highest BCUT2D eigenvalue weighted by atomic mass is 15.3. The largest absolute Gasteiger partial charge is 0.355 e. The maximum Gasteiger partial charge on any atom is 0.142 e. The van der Waals surface area contributed by atoms with Crippen molar-refractivity contribution in [3.8, 4) is 0 Å². The highest BCUT2D eigenvalue weighted by Gasteiger charge is 2.28. The number of nitrogens with zero attached hydrogens (tertiary/aromatic N) is 5. The molecule has 118 valence electrons. The van der Waals surface area contributed by atoms with Gasteiger partial charge in [-0.25, -0.2) is 15.0 Å². The number of nitrogens with one attached hydrogen (secondary N) is 1. The molecule has 1 N–H and O–H groups in total. The lowest BCUT2D eigenvalue weighted by Crippen LogP contribution is -2.35. The Hall–Kier alpha value is -2.63. The number of hydrogen-bond donors (Lipinski definition) is 1. The summed E-state index contributed by atoms with van der Waals surface area (Å²) in [6.07, 6.45) is 6.57. The van der Waals surface area contributed by atoms with Gasteiger partial charge in [0.2, 0.25) is 0 Å². The van der Waals surface area contributed by atoms with Crippen molar-refractivity contribution in [2.45, 2.75) is 19.4 Å². The number of anilines is 2. The highest BCUT2D eigenvalue weighted by Crippen LogP contribution is 2.27. The summed E-state index contributed by atoms with van der Waals surface area (Å²) in [5.74, 6) is 2.04. The van der Waals surface area contributed by atoms with E-state index < -0.39 is 0 Å². The Balaban J connectivity index is 1.55. The number of aromatic amines is 1. The molecule has 6 heteroatoms. The molecule has 1 fully saturated rings. The first-order chi connectivity index (χ1) is 11.2. The Morgan fingerprint density at radius 2 is 2.13 bits per heavy atom. The Morgan fingerprint density at radius 3 is 2.96 bits per heavy atom. The fourth-order valence-electron chi connectivity index (χ4n) is 3.22. The van der Waals surface area contributed by atoms with Crippen LogP contribution in [0.15, 0.2) is 36.9 Å². The zero-order valence-corrected chi connectivity index (χ0v) is 13.4. The molecule has 4 rings (SSSR count). The van der Waals surface area contributed by atoms with Gasteiger partial charge in [-0.3, -0.25) is 0 Å². The number of hydrogen-bond acceptors (Lipinski definition) is 5. The van der Waals surface area contributed by atoms with E-state index in [4.69, 9.17) is 0 Å². The number of aromatic nitrogens is 4. The minimum Gasteiger partial charge on any atom is -0.355 e. The van der Waals surface area contributed by atoms with E-state index in [0.29, 0.717) is 6.04 Å². The van der Waals surface area contributed by atoms with Crippen molar-refractivity contribution in [1.82, 2.24) is 19.9 Å². The predicted octanol–water partition coefficient (Wildman–Crippen LogP) is 2.38. The second-order valence-corrected chi connectivity index (χ2v) is 6.13. The van der Waals surface area contributed by atoms with E-state index in [1.807, 2.05) is 18.5 Å². The van der Waals surface area contributed by atoms with Crippen molar-refractivity contribution in [3.63, 3.8) is 0 Å². The maximum atomic E-state index is 4.54. The van der Waals surface area contributed by atoms with Crippen LogP contribution in [0.4, 0.5) is 11.6 Å². The van der Waals surface area contributed by atoms with Gasteiger partial charge in [-0.2, -0.15) is 0 Å². The summed E-state index contributed by atoms with van der Waals surface area (Å²) < 4.78 is 0. The van der Waals surface area contributed by atoms with Crippen LogP contribution in [0.2, 0.25) is 0 Å². The zero-order chi connectivity index (χ0) is 15.8. The van der Waals surface area contributed by atoms with Gasteiger partial charge in [-0.1, -0.05) is 6.07 Å². The van der Waals surface area contributed by atoms with Crippen molar-refractivity contribution in [2.24, 2.45) is 0 Å². The molecule has 0 radical (unpaired) electrons. The summed E-state index contributed by atoms with van der Waals surface area (Å²) in [5.41, 5.74) is 2.08. The molecule has 0 aliphatic carbocycles. The van der Waals surface area contributed by atoms with Crippen molar-refractivity contribution in [3.05, 3.63) is 42.5 Å². The molecule has 1 atom stereocenters. The first-order valence-corrected chi connectivity index (χ1v) is 7.91. The van der Waals surface area contributed by atoms with Gasteiger partial charge in [0.1, 0.15) is 23.6 Å². The number of likely N-dealkylation sites (N-methyl/N-ethyl adjacent to an activating group) is 1. The number of rotatable bonds is 3. The van der Waals surface area contributed by atoms with Crippen LogP contribution in [-0.2, 0) is 0 Å². The van der Waals surface area contributed by atoms with Crippen molar-refractivity contribution in [2.75, 3.05) is 29.9 Å². The van der Waals surface area contributed by atoms with E-state index in [1.54, 1.807) is 6.33 Å². The lowest BCUT2D eigenvalue weighted by Gasteiger charge is -2.26. The lowest BCUT2D eigenvalue weighted by atomic mass is 10.2. The Morgan fingerprint density at radius 1 is 1.22 bits per heavy atom. The molecule has 1 aliphatic heterocycles. The Labute approximate surface area is 135 Å². The highest BCUT2D eigenvalue weighted by molar-refractivity contribution is 5.87. The summed E-state index contributed by atoms with van der Waals surface area (Å²) in [7, 11) is 2.12. The molecule has 0 bridgehead atoms. The molecule has 0 spiro atoms. The lowest BCUT2D eigenvalue weighted by molar-refractivity contribution is 0.684. The quantitative estimate of drug-likeness (QED) is 0.805. The summed E-state index contributed by atoms with van der Waals surface area (Å²) >= 11 is 0. The second-order valence-electron chi connectivity index (χ2n) is 6.13. The predicted molar refractivity (Wildman–Crippen MR) is 91.9 cm³/mol. The van der Waals surface area contributed by atoms with Gasteiger partial charge in [0.25, 0.3) is 0 Å². The molecule has 1 saturated heterocycles. The van der Waals surface area contributed by atoms with E-state index >= 15 is 0 Å². The summed E-state index contributed by atoms with van der Waals surface area (Å²) in [4.78, 5) is 21.1. The minimum atomic E-state index is 0.439. The molecule has 4 heterocycles. The van der Waals surface area contributed by atoms with E-state index in [2.05, 4.69) is 55.8 Å². The molecule has 1 unspecified atom stereocenters. The first-order valence-electron chi connectivity index (χ1n) is 7.91. The minimum absolute atomic E-state index is 0.439. The fraction of sp³-hybridized carbons (Fsp3) is 0.353. The van der Waals surface area contributed by atoms with Crippen molar-refractivity contribution in [1.29, 1.82) is 0 Å². The Bertz CT molecular complexity index is 809. The van der Waals surface area contributed by atoms with Crippen molar-refractivity contribution >= 4 is 22.7 Å². The van der Waals surface area contributed by atoms with Gasteiger partial charge < -0.3 is 14.8 Å². The summed E-state index contributed by atoms with van der Waals surface area (Å²) in [5, 5.41) is 1.09. The van der Waals surface area contributed by atoms with Gasteiger partial charge in [0.05, 0.1) is 5.39 Å². The molecular weight excluding hydrogens is 288 g/mol. The van der Waals surface area contributed by atoms with Crippen LogP contribution in [0.5, 0.6) is 0 Å². The summed E-state index contributed by atoms with van der Waals surface area (Å²) in [6.45, 7) is 4.01. The third-order valence-corrected chi connectivity index (χ3v) is 4.60. The van der Waals surface area contributed by atoms with E-state index in [-0.39, 0.29) is 0 Å². The van der Waals surface area contributed by atoms with Gasteiger partial charge in [-0.05, 0) is 31.0 Å². The van der Waals surface area contributed by atoms with Crippen molar-refractivity contribution < 1.29 is 0 Å². The molecule has 0 amide bonds. The molecule has 23 heavy (non-hydrogen) atoms. The van der Waals surface area contributed by atoms with E-state index in [1.165, 1.54) is 5.56 Å². The number of aryl methyl sites for hydroxylation is 1. The molecule has 0 aromatic carbocycles. The smallest absolute Gasteiger partial charge is 0.142 e. The number of H-pyrrole nitrogens is 1. The average Bonchev–Trinajstić information content (AvgIpc) is 3.24. The topological polar surface area (TPSA) is 60.9 Å². The van der Waals surface area contributed by atoms with Crippen LogP contribution >= 0.6 is 0 Å². The maximum absolute atomic E-state index is 4.54. The van der Waals surface area contributed by atoms with E-state index in [0.717, 1.165) is 42.2 Å². The van der Waals surface area contributed by atoms with Gasteiger partial charge in [-0.15, -0.1) is 0 Å². The van der Waals surface area contributed by atoms with Crippen LogP contribution < -0.4 is 9.80 Å². The zero-order valence-electron chi connectivity index (χ0n) is 13.4. The molecule has 1 aliphatic rings. The standard InChI is InChI=1S/C17H20N6/c1-12-3-4-15(19-9-12)22(2)13-6-8-23(10-13)17-14-5-7-18-16(14)20-11-21-17/h3-5,7,9,11,13H,6,8,10H2,1-2H3,(H,18,20,21). The summed E-state index contributed by atoms with van der Waals surface area (Å²) in [6, 6.07) is 6.68.